The van der Waals surface area contributed by atoms with Crippen molar-refractivity contribution in [1.29, 1.82) is 0 Å². The fourth-order valence-electron chi connectivity index (χ4n) is 1.87. The minimum Gasteiger partial charge on any atom is -0.328 e. The number of aromatic nitrogens is 2. The average molecular weight is 424 g/mol. The number of para-hydroxylation sites is 1. The van der Waals surface area contributed by atoms with Gasteiger partial charge in [0.1, 0.15) is 5.82 Å². The minimum atomic E-state index is -0.355. The highest BCUT2D eigenvalue weighted by Crippen LogP contribution is 2.29. The molecule has 1 heterocycles. The van der Waals surface area contributed by atoms with E-state index in [2.05, 4.69) is 31.4 Å². The summed E-state index contributed by atoms with van der Waals surface area (Å²) in [5.41, 5.74) is 0.988. The molecule has 8 heteroatoms. The van der Waals surface area contributed by atoms with Crippen LogP contribution in [0.5, 0.6) is 0 Å². The van der Waals surface area contributed by atoms with Gasteiger partial charge in [-0.2, -0.15) is 0 Å². The first kappa shape index (κ1) is 17.1. The molecule has 0 unspecified atom stereocenters. The van der Waals surface area contributed by atoms with Crippen LogP contribution < -0.4 is 5.32 Å². The van der Waals surface area contributed by atoms with Crippen LogP contribution in [0.4, 0.5) is 15.2 Å². The van der Waals surface area contributed by atoms with E-state index in [0.717, 1.165) is 4.47 Å². The number of thioether (sulfide) groups is 1. The van der Waals surface area contributed by atoms with Crippen LogP contribution in [0.25, 0.3) is 0 Å². The van der Waals surface area contributed by atoms with Crippen LogP contribution >= 0.6 is 39.0 Å². The van der Waals surface area contributed by atoms with Crippen molar-refractivity contribution in [3.8, 4) is 0 Å². The molecule has 0 amide bonds. The number of benzene rings is 2. The lowest BCUT2D eigenvalue weighted by atomic mass is 10.2. The maximum Gasteiger partial charge on any atom is 0.210 e. The number of anilines is 2. The quantitative estimate of drug-likeness (QED) is 0.438. The van der Waals surface area contributed by atoms with Gasteiger partial charge in [0.25, 0.3) is 0 Å². The fraction of sp³-hybridized carbons (Fsp3) is 0.0625. The molecule has 0 atom stereocenters. The van der Waals surface area contributed by atoms with E-state index in [1.807, 2.05) is 12.1 Å². The first-order valence-electron chi connectivity index (χ1n) is 6.88. The highest BCUT2D eigenvalue weighted by atomic mass is 79.9. The fourth-order valence-corrected chi connectivity index (χ4v) is 3.93. The lowest BCUT2D eigenvalue weighted by molar-refractivity contribution is 0.102. The number of carbonyl (C=O) groups is 1. The van der Waals surface area contributed by atoms with Crippen molar-refractivity contribution < 1.29 is 9.18 Å². The molecule has 0 radical (unpaired) electrons. The number of hydrogen-bond acceptors (Lipinski definition) is 6. The monoisotopic (exact) mass is 423 g/mol. The zero-order valence-electron chi connectivity index (χ0n) is 12.2. The molecule has 0 saturated heterocycles. The van der Waals surface area contributed by atoms with Crippen molar-refractivity contribution in [3.63, 3.8) is 0 Å². The van der Waals surface area contributed by atoms with Gasteiger partial charge in [-0.15, -0.1) is 10.2 Å². The number of carbonyl (C=O) groups excluding carboxylic acids is 1. The standard InChI is InChI=1S/C16H11BrFN3OS2/c17-11-5-3-4-10(8-11)14(22)9-23-16-21-20-15(24-16)19-13-7-2-1-6-12(13)18/h1-8H,9H2,(H,19,20). The summed E-state index contributed by atoms with van der Waals surface area (Å²) in [7, 11) is 0. The Bertz CT molecular complexity index is 872. The van der Waals surface area contributed by atoms with Gasteiger partial charge in [-0.1, -0.05) is 63.3 Å². The largest absolute Gasteiger partial charge is 0.328 e. The highest BCUT2D eigenvalue weighted by Gasteiger charge is 2.11. The number of nitrogens with zero attached hydrogens (tertiary/aromatic N) is 2. The molecule has 2 aromatic carbocycles. The molecule has 1 aromatic heterocycles. The van der Waals surface area contributed by atoms with Gasteiger partial charge in [0.2, 0.25) is 5.13 Å². The van der Waals surface area contributed by atoms with Crippen molar-refractivity contribution in [3.05, 3.63) is 64.4 Å². The van der Waals surface area contributed by atoms with E-state index in [0.29, 0.717) is 20.7 Å². The second kappa shape index (κ2) is 7.87. The van der Waals surface area contributed by atoms with E-state index >= 15 is 0 Å². The molecule has 24 heavy (non-hydrogen) atoms. The topological polar surface area (TPSA) is 54.9 Å². The van der Waals surface area contributed by atoms with E-state index in [-0.39, 0.29) is 17.4 Å². The molecule has 0 bridgehead atoms. The van der Waals surface area contributed by atoms with Crippen LogP contribution in [-0.4, -0.2) is 21.7 Å². The van der Waals surface area contributed by atoms with Gasteiger partial charge in [0.05, 0.1) is 11.4 Å². The van der Waals surface area contributed by atoms with Gasteiger partial charge >= 0.3 is 0 Å². The number of nitrogens with one attached hydrogen (secondary N) is 1. The number of rotatable bonds is 6. The Balaban J connectivity index is 1.60. The molecule has 0 aliphatic rings. The lowest BCUT2D eigenvalue weighted by Gasteiger charge is -2.02. The Kier molecular flexibility index (Phi) is 5.60. The van der Waals surface area contributed by atoms with Gasteiger partial charge in [-0.25, -0.2) is 4.39 Å². The number of ketones is 1. The van der Waals surface area contributed by atoms with Gasteiger partial charge in [-0.05, 0) is 24.3 Å². The summed E-state index contributed by atoms with van der Waals surface area (Å²) in [5, 5.41) is 11.3. The minimum absolute atomic E-state index is 0.0140. The predicted molar refractivity (Wildman–Crippen MR) is 98.8 cm³/mol. The first-order valence-corrected chi connectivity index (χ1v) is 9.48. The molecule has 0 fully saturated rings. The van der Waals surface area contributed by atoms with E-state index in [9.17, 15) is 9.18 Å². The number of halogens is 2. The first-order chi connectivity index (χ1) is 11.6. The molecule has 0 aliphatic carbocycles. The van der Waals surface area contributed by atoms with Crippen molar-refractivity contribution >= 4 is 55.6 Å². The van der Waals surface area contributed by atoms with Crippen molar-refractivity contribution in [2.24, 2.45) is 0 Å². The second-order valence-corrected chi connectivity index (χ2v) is 7.82. The summed E-state index contributed by atoms with van der Waals surface area (Å²) in [6.45, 7) is 0. The van der Waals surface area contributed by atoms with E-state index in [1.165, 1.54) is 29.2 Å². The third-order valence-electron chi connectivity index (χ3n) is 3.00. The molecule has 4 nitrogen and oxygen atoms in total. The zero-order valence-corrected chi connectivity index (χ0v) is 15.4. The predicted octanol–water partition coefficient (Wildman–Crippen LogP) is 5.16. The second-order valence-electron chi connectivity index (χ2n) is 4.70. The third kappa shape index (κ3) is 4.40. The van der Waals surface area contributed by atoms with E-state index in [4.69, 9.17) is 0 Å². The Labute approximate surface area is 154 Å². The van der Waals surface area contributed by atoms with Gasteiger partial charge in [0.15, 0.2) is 10.1 Å². The summed E-state index contributed by atoms with van der Waals surface area (Å²) < 4.78 is 15.1. The molecule has 0 aliphatic heterocycles. The lowest BCUT2D eigenvalue weighted by Crippen LogP contribution is -2.01. The summed E-state index contributed by atoms with van der Waals surface area (Å²) in [6.07, 6.45) is 0. The molecule has 1 N–H and O–H groups in total. The van der Waals surface area contributed by atoms with E-state index in [1.54, 1.807) is 30.3 Å². The summed E-state index contributed by atoms with van der Waals surface area (Å²) in [5.74, 6) is -0.0722. The Morgan fingerprint density at radius 3 is 2.83 bits per heavy atom. The highest BCUT2D eigenvalue weighted by molar-refractivity contribution is 9.10. The Hall–Kier alpha value is -1.77. The normalized spacial score (nSPS) is 10.6. The maximum atomic E-state index is 13.6. The molecular weight excluding hydrogens is 413 g/mol. The number of Topliss-reactive ketones (excluding diaryl/α,β-unsaturated/α-hetero) is 1. The van der Waals surface area contributed by atoms with Crippen molar-refractivity contribution in [2.45, 2.75) is 4.34 Å². The molecular formula is C16H11BrFN3OS2. The Morgan fingerprint density at radius 1 is 1.21 bits per heavy atom. The average Bonchev–Trinajstić information content (AvgIpc) is 3.02. The van der Waals surface area contributed by atoms with Gasteiger partial charge in [-0.3, -0.25) is 4.79 Å². The van der Waals surface area contributed by atoms with Gasteiger partial charge in [0, 0.05) is 10.0 Å². The van der Waals surface area contributed by atoms with Crippen molar-refractivity contribution in [1.82, 2.24) is 10.2 Å². The summed E-state index contributed by atoms with van der Waals surface area (Å²) in [6, 6.07) is 13.6. The number of hydrogen-bond donors (Lipinski definition) is 1. The smallest absolute Gasteiger partial charge is 0.210 e. The van der Waals surface area contributed by atoms with Crippen LogP contribution in [0.1, 0.15) is 10.4 Å². The van der Waals surface area contributed by atoms with Crippen LogP contribution in [-0.2, 0) is 0 Å². The summed E-state index contributed by atoms with van der Waals surface area (Å²) in [4.78, 5) is 12.2. The van der Waals surface area contributed by atoms with Crippen LogP contribution in [0.2, 0.25) is 0 Å². The Morgan fingerprint density at radius 2 is 2.04 bits per heavy atom. The van der Waals surface area contributed by atoms with Gasteiger partial charge < -0.3 is 5.32 Å². The zero-order chi connectivity index (χ0) is 16.9. The summed E-state index contributed by atoms with van der Waals surface area (Å²) >= 11 is 5.94. The molecule has 122 valence electrons. The van der Waals surface area contributed by atoms with Crippen LogP contribution in [0, 0.1) is 5.82 Å². The third-order valence-corrected chi connectivity index (χ3v) is 5.46. The van der Waals surface area contributed by atoms with Crippen LogP contribution in [0.3, 0.4) is 0 Å². The molecule has 3 rings (SSSR count). The molecule has 0 saturated carbocycles. The molecule has 0 spiro atoms. The maximum absolute atomic E-state index is 13.6. The molecule has 3 aromatic rings. The van der Waals surface area contributed by atoms with E-state index < -0.39 is 0 Å². The SMILES string of the molecule is O=C(CSc1nnc(Nc2ccccc2F)s1)c1cccc(Br)c1. The van der Waals surface area contributed by atoms with Crippen molar-refractivity contribution in [2.75, 3.05) is 11.1 Å². The van der Waals surface area contributed by atoms with Crippen LogP contribution in [0.15, 0.2) is 57.3 Å².